The van der Waals surface area contributed by atoms with Crippen LogP contribution in [-0.2, 0) is 14.8 Å². The zero-order valence-corrected chi connectivity index (χ0v) is 18.6. The number of carbonyl (C=O) groups is 1. The first-order chi connectivity index (χ1) is 15.3. The predicted octanol–water partition coefficient (Wildman–Crippen LogP) is 3.96. The van der Waals surface area contributed by atoms with Gasteiger partial charge in [-0.1, -0.05) is 24.3 Å². The molecule has 0 aliphatic carbocycles. The fourth-order valence-electron chi connectivity index (χ4n) is 3.81. The number of hydrogen-bond donors (Lipinski definition) is 1. The van der Waals surface area contributed by atoms with Crippen LogP contribution in [0.3, 0.4) is 0 Å². The molecule has 1 amide bonds. The van der Waals surface area contributed by atoms with E-state index >= 15 is 0 Å². The maximum absolute atomic E-state index is 12.7. The number of primary sulfonamides is 1. The zero-order valence-electron chi connectivity index (χ0n) is 17.8. The van der Waals surface area contributed by atoms with Gasteiger partial charge in [0.15, 0.2) is 11.5 Å². The number of carbonyl (C=O) groups excluding carboxylic acids is 1. The molecule has 32 heavy (non-hydrogen) atoms. The lowest BCUT2D eigenvalue weighted by molar-refractivity contribution is -0.117. The molecule has 1 aliphatic rings. The number of benzene rings is 3. The van der Waals surface area contributed by atoms with Crippen LogP contribution >= 0.6 is 0 Å². The summed E-state index contributed by atoms with van der Waals surface area (Å²) in [5, 5.41) is 5.16. The molecule has 0 aromatic heterocycles. The summed E-state index contributed by atoms with van der Waals surface area (Å²) in [5.74, 6) is 1.86. The summed E-state index contributed by atoms with van der Waals surface area (Å²) in [5.41, 5.74) is 2.60. The van der Waals surface area contributed by atoms with Crippen LogP contribution in [0.5, 0.6) is 17.2 Å². The van der Waals surface area contributed by atoms with Gasteiger partial charge in [-0.3, -0.25) is 4.79 Å². The number of methoxy groups -OCH3 is 1. The normalized spacial score (nSPS) is 16.3. The smallest absolute Gasteiger partial charge is 0.238 e. The van der Waals surface area contributed by atoms with Crippen molar-refractivity contribution < 1.29 is 22.7 Å². The number of hydrogen-bond acceptors (Lipinski definition) is 5. The third-order valence-corrected chi connectivity index (χ3v) is 6.50. The Morgan fingerprint density at radius 3 is 2.34 bits per heavy atom. The van der Waals surface area contributed by atoms with Gasteiger partial charge in [0.1, 0.15) is 5.75 Å². The Bertz CT molecular complexity index is 1260. The average Bonchev–Trinajstić information content (AvgIpc) is 3.16. The van der Waals surface area contributed by atoms with Gasteiger partial charge in [0.2, 0.25) is 15.9 Å². The topological polar surface area (TPSA) is 98.9 Å². The number of amides is 1. The molecule has 1 fully saturated rings. The van der Waals surface area contributed by atoms with E-state index in [4.69, 9.17) is 14.6 Å². The lowest BCUT2D eigenvalue weighted by Gasteiger charge is -2.18. The molecule has 3 aromatic carbocycles. The van der Waals surface area contributed by atoms with Gasteiger partial charge in [-0.2, -0.15) is 0 Å². The Kier molecular flexibility index (Phi) is 5.90. The van der Waals surface area contributed by atoms with Gasteiger partial charge in [-0.15, -0.1) is 0 Å². The fraction of sp³-hybridized carbons (Fsp3) is 0.208. The van der Waals surface area contributed by atoms with Crippen LogP contribution in [0.4, 0.5) is 5.69 Å². The van der Waals surface area contributed by atoms with Gasteiger partial charge in [0.05, 0.1) is 12.0 Å². The zero-order chi connectivity index (χ0) is 22.9. The molecule has 0 radical (unpaired) electrons. The largest absolute Gasteiger partial charge is 0.493 e. The first kappa shape index (κ1) is 21.9. The summed E-state index contributed by atoms with van der Waals surface area (Å²) < 4.78 is 34.5. The quantitative estimate of drug-likeness (QED) is 0.610. The van der Waals surface area contributed by atoms with Crippen molar-refractivity contribution in [3.63, 3.8) is 0 Å². The van der Waals surface area contributed by atoms with E-state index in [2.05, 4.69) is 0 Å². The molecule has 1 aliphatic heterocycles. The molecule has 0 unspecified atom stereocenters. The maximum Gasteiger partial charge on any atom is 0.238 e. The van der Waals surface area contributed by atoms with Crippen molar-refractivity contribution >= 4 is 21.6 Å². The van der Waals surface area contributed by atoms with Gasteiger partial charge >= 0.3 is 0 Å². The number of aryl methyl sites for hydroxylation is 1. The lowest BCUT2D eigenvalue weighted by atomic mass is 9.98. The van der Waals surface area contributed by atoms with E-state index in [1.807, 2.05) is 49.4 Å². The highest BCUT2D eigenvalue weighted by atomic mass is 32.2. The van der Waals surface area contributed by atoms with Crippen LogP contribution in [0.15, 0.2) is 71.6 Å². The molecule has 3 aromatic rings. The van der Waals surface area contributed by atoms with E-state index in [9.17, 15) is 13.2 Å². The van der Waals surface area contributed by atoms with Gasteiger partial charge in [0, 0.05) is 24.6 Å². The van der Waals surface area contributed by atoms with Crippen molar-refractivity contribution in [3.8, 4) is 17.2 Å². The highest BCUT2D eigenvalue weighted by Crippen LogP contribution is 2.38. The number of sulfonamides is 1. The molecule has 0 saturated carbocycles. The average molecular weight is 453 g/mol. The van der Waals surface area contributed by atoms with Crippen molar-refractivity contribution in [1.82, 2.24) is 0 Å². The van der Waals surface area contributed by atoms with Crippen LogP contribution in [-0.4, -0.2) is 28.0 Å². The highest BCUT2D eigenvalue weighted by molar-refractivity contribution is 7.89. The minimum atomic E-state index is -3.78. The van der Waals surface area contributed by atoms with E-state index in [1.54, 1.807) is 24.1 Å². The first-order valence-electron chi connectivity index (χ1n) is 10.1. The number of rotatable bonds is 6. The molecule has 1 atom stereocenters. The van der Waals surface area contributed by atoms with E-state index in [1.165, 1.54) is 12.1 Å². The van der Waals surface area contributed by atoms with Crippen LogP contribution in [0.25, 0.3) is 0 Å². The fourth-order valence-corrected chi connectivity index (χ4v) is 4.33. The third kappa shape index (κ3) is 4.46. The van der Waals surface area contributed by atoms with Crippen molar-refractivity contribution in [3.05, 3.63) is 77.9 Å². The number of anilines is 1. The van der Waals surface area contributed by atoms with E-state index < -0.39 is 10.0 Å². The molecular weight excluding hydrogens is 428 g/mol. The Morgan fingerprint density at radius 2 is 1.69 bits per heavy atom. The van der Waals surface area contributed by atoms with Crippen LogP contribution in [0, 0.1) is 6.92 Å². The van der Waals surface area contributed by atoms with Gasteiger partial charge in [-0.25, -0.2) is 13.6 Å². The van der Waals surface area contributed by atoms with E-state index in [0.29, 0.717) is 30.2 Å². The van der Waals surface area contributed by atoms with E-state index in [0.717, 1.165) is 16.9 Å². The molecule has 0 spiro atoms. The maximum atomic E-state index is 12.7. The number of nitrogens with two attached hydrogens (primary N) is 1. The number of para-hydroxylation sites is 1. The van der Waals surface area contributed by atoms with Crippen LogP contribution in [0.2, 0.25) is 0 Å². The van der Waals surface area contributed by atoms with E-state index in [-0.39, 0.29) is 16.7 Å². The molecular formula is C24H24N2O5S. The van der Waals surface area contributed by atoms with Crippen molar-refractivity contribution in [2.75, 3.05) is 18.6 Å². The third-order valence-electron chi connectivity index (χ3n) is 5.57. The molecule has 166 valence electrons. The van der Waals surface area contributed by atoms with Crippen LogP contribution in [0.1, 0.15) is 23.5 Å². The molecule has 8 heteroatoms. The monoisotopic (exact) mass is 452 g/mol. The summed E-state index contributed by atoms with van der Waals surface area (Å²) in [4.78, 5) is 14.4. The second-order valence-corrected chi connectivity index (χ2v) is 9.28. The molecule has 4 rings (SSSR count). The van der Waals surface area contributed by atoms with Crippen molar-refractivity contribution in [2.45, 2.75) is 24.2 Å². The molecule has 1 heterocycles. The first-order valence-corrected chi connectivity index (χ1v) is 11.7. The predicted molar refractivity (Wildman–Crippen MR) is 122 cm³/mol. The Hall–Kier alpha value is -3.36. The van der Waals surface area contributed by atoms with Gasteiger partial charge < -0.3 is 14.4 Å². The number of ether oxygens (including phenoxy) is 2. The van der Waals surface area contributed by atoms with Crippen LogP contribution < -0.4 is 19.5 Å². The summed E-state index contributed by atoms with van der Waals surface area (Å²) in [6.45, 7) is 2.45. The second-order valence-electron chi connectivity index (χ2n) is 7.72. The Morgan fingerprint density at radius 1 is 0.969 bits per heavy atom. The summed E-state index contributed by atoms with van der Waals surface area (Å²) in [7, 11) is -2.19. The number of nitrogens with zero attached hydrogens (tertiary/aromatic N) is 1. The Labute approximate surface area is 187 Å². The molecule has 0 bridgehead atoms. The summed E-state index contributed by atoms with van der Waals surface area (Å²) >= 11 is 0. The summed E-state index contributed by atoms with van der Waals surface area (Å²) in [6.07, 6.45) is 0.340. The minimum Gasteiger partial charge on any atom is -0.493 e. The minimum absolute atomic E-state index is 0.0117. The molecule has 7 nitrogen and oxygen atoms in total. The Balaban J connectivity index is 1.58. The van der Waals surface area contributed by atoms with Gasteiger partial charge in [0.25, 0.3) is 0 Å². The standard InChI is InChI=1S/C24H24N2O5S/c1-16-5-3-4-6-21(16)31-23-13-17(7-12-22(23)30-2)18-14-24(27)26(15-18)19-8-10-20(11-9-19)32(25,28)29/h3-13,18H,14-15H2,1-2H3,(H2,25,28,29)/t18-/m0/s1. The molecule has 2 N–H and O–H groups in total. The van der Waals surface area contributed by atoms with Gasteiger partial charge in [-0.05, 0) is 60.5 Å². The SMILES string of the molecule is COc1ccc([C@H]2CC(=O)N(c3ccc(S(N)(=O)=O)cc3)C2)cc1Oc1ccccc1C. The molecule has 1 saturated heterocycles. The van der Waals surface area contributed by atoms with Crippen molar-refractivity contribution in [1.29, 1.82) is 0 Å². The highest BCUT2D eigenvalue weighted by Gasteiger charge is 2.32. The lowest BCUT2D eigenvalue weighted by Crippen LogP contribution is -2.24. The summed E-state index contributed by atoms with van der Waals surface area (Å²) in [6, 6.07) is 19.4. The van der Waals surface area contributed by atoms with Crippen molar-refractivity contribution in [2.24, 2.45) is 5.14 Å². The second kappa shape index (κ2) is 8.64.